The Kier molecular flexibility index (Phi) is 7.32. The molecule has 0 bridgehead atoms. The van der Waals surface area contributed by atoms with Gasteiger partial charge in [0, 0.05) is 29.2 Å². The number of benzene rings is 3. The second-order valence-electron chi connectivity index (χ2n) is 7.61. The molecule has 0 radical (unpaired) electrons. The van der Waals surface area contributed by atoms with Gasteiger partial charge in [0.2, 0.25) is 11.8 Å². The molecule has 0 saturated heterocycles. The van der Waals surface area contributed by atoms with Crippen LogP contribution in [0, 0.1) is 0 Å². The van der Waals surface area contributed by atoms with E-state index in [4.69, 9.17) is 17.3 Å². The number of nitrogens with one attached hydrogen (secondary N) is 2. The predicted octanol–water partition coefficient (Wildman–Crippen LogP) is 5.17. The molecule has 2 atom stereocenters. The van der Waals surface area contributed by atoms with Crippen molar-refractivity contribution in [2.24, 2.45) is 5.73 Å². The molecule has 2 amide bonds. The molecule has 0 fully saturated rings. The van der Waals surface area contributed by atoms with Crippen molar-refractivity contribution in [2.75, 3.05) is 5.32 Å². The quantitative estimate of drug-likeness (QED) is 0.456. The summed E-state index contributed by atoms with van der Waals surface area (Å²) in [5, 5.41) is 7.19. The van der Waals surface area contributed by atoms with Crippen LogP contribution >= 0.6 is 11.6 Å². The molecule has 6 heteroatoms. The molecule has 160 valence electrons. The molecule has 31 heavy (non-hydrogen) atoms. The lowest BCUT2D eigenvalue weighted by Gasteiger charge is -2.25. The fourth-order valence-electron chi connectivity index (χ4n) is 3.55. The van der Waals surface area contributed by atoms with Gasteiger partial charge >= 0.3 is 0 Å². The molecular weight excluding hydrogens is 410 g/mol. The molecule has 0 aromatic heterocycles. The monoisotopic (exact) mass is 435 g/mol. The number of carbonyl (C=O) groups is 2. The number of anilines is 1. The van der Waals surface area contributed by atoms with Crippen LogP contribution in [0.1, 0.15) is 42.2 Å². The van der Waals surface area contributed by atoms with E-state index in [1.165, 1.54) is 6.92 Å². The van der Waals surface area contributed by atoms with E-state index in [1.807, 2.05) is 55.5 Å². The summed E-state index contributed by atoms with van der Waals surface area (Å²) in [6.07, 6.45) is 0.701. The first-order valence-electron chi connectivity index (χ1n) is 10.1. The van der Waals surface area contributed by atoms with E-state index in [0.29, 0.717) is 17.0 Å². The number of nitrogens with two attached hydrogens (primary N) is 1. The van der Waals surface area contributed by atoms with E-state index >= 15 is 0 Å². The third kappa shape index (κ3) is 6.33. The summed E-state index contributed by atoms with van der Waals surface area (Å²) in [6.45, 7) is 3.51. The minimum atomic E-state index is -0.445. The van der Waals surface area contributed by atoms with Gasteiger partial charge in [-0.05, 0) is 72.5 Å². The highest BCUT2D eigenvalue weighted by Crippen LogP contribution is 2.29. The van der Waals surface area contributed by atoms with E-state index in [1.54, 1.807) is 12.1 Å². The van der Waals surface area contributed by atoms with E-state index in [-0.39, 0.29) is 18.0 Å². The summed E-state index contributed by atoms with van der Waals surface area (Å²) in [5.41, 5.74) is 9.88. The summed E-state index contributed by atoms with van der Waals surface area (Å²) >= 11 is 6.02. The Balaban J connectivity index is 1.89. The van der Waals surface area contributed by atoms with E-state index in [0.717, 1.165) is 22.4 Å². The zero-order chi connectivity index (χ0) is 22.4. The van der Waals surface area contributed by atoms with Gasteiger partial charge < -0.3 is 16.4 Å². The standard InChI is InChI=1S/C25H26ClN3O2/c1-16(28-17(2)30)14-24(29-23-12-10-22(26)11-13-23)21-5-3-4-20(15-21)18-6-8-19(9-7-18)25(27)31/h3-13,15-16,24,29H,14H2,1-2H3,(H2,27,31)(H,28,30)/t16-,24?/m0/s1. The molecule has 3 aromatic carbocycles. The molecule has 0 spiro atoms. The molecule has 3 rings (SSSR count). The van der Waals surface area contributed by atoms with Crippen molar-refractivity contribution in [3.63, 3.8) is 0 Å². The lowest BCUT2D eigenvalue weighted by atomic mass is 9.95. The molecule has 1 unspecified atom stereocenters. The smallest absolute Gasteiger partial charge is 0.248 e. The maximum Gasteiger partial charge on any atom is 0.248 e. The molecule has 4 N–H and O–H groups in total. The summed E-state index contributed by atoms with van der Waals surface area (Å²) in [4.78, 5) is 22.8. The summed E-state index contributed by atoms with van der Waals surface area (Å²) < 4.78 is 0. The van der Waals surface area contributed by atoms with Gasteiger partial charge in [-0.25, -0.2) is 0 Å². The third-order valence-corrected chi connectivity index (χ3v) is 5.27. The van der Waals surface area contributed by atoms with Crippen molar-refractivity contribution in [1.29, 1.82) is 0 Å². The van der Waals surface area contributed by atoms with Crippen LogP contribution in [0.3, 0.4) is 0 Å². The van der Waals surface area contributed by atoms with Crippen LogP contribution in [0.5, 0.6) is 0 Å². The molecule has 0 heterocycles. The molecular formula is C25H26ClN3O2. The fraction of sp³-hybridized carbons (Fsp3) is 0.200. The number of rotatable bonds is 8. The highest BCUT2D eigenvalue weighted by atomic mass is 35.5. The number of halogens is 1. The first-order chi connectivity index (χ1) is 14.8. The number of amides is 2. The second kappa shape index (κ2) is 10.1. The maximum atomic E-state index is 11.5. The third-order valence-electron chi connectivity index (χ3n) is 5.02. The minimum Gasteiger partial charge on any atom is -0.378 e. The molecule has 5 nitrogen and oxygen atoms in total. The second-order valence-corrected chi connectivity index (χ2v) is 8.04. The highest BCUT2D eigenvalue weighted by molar-refractivity contribution is 6.30. The Labute approximate surface area is 187 Å². The zero-order valence-electron chi connectivity index (χ0n) is 17.6. The van der Waals surface area contributed by atoms with Gasteiger partial charge in [0.25, 0.3) is 0 Å². The largest absolute Gasteiger partial charge is 0.378 e. The Morgan fingerprint density at radius 1 is 0.968 bits per heavy atom. The highest BCUT2D eigenvalue weighted by Gasteiger charge is 2.17. The molecule has 3 aromatic rings. The van der Waals surface area contributed by atoms with Crippen LogP contribution in [-0.4, -0.2) is 17.9 Å². The lowest BCUT2D eigenvalue weighted by molar-refractivity contribution is -0.119. The topological polar surface area (TPSA) is 84.2 Å². The molecule has 0 aliphatic rings. The van der Waals surface area contributed by atoms with Gasteiger partial charge in [-0.2, -0.15) is 0 Å². The van der Waals surface area contributed by atoms with Crippen molar-refractivity contribution in [1.82, 2.24) is 5.32 Å². The van der Waals surface area contributed by atoms with Crippen LogP contribution in [-0.2, 0) is 4.79 Å². The zero-order valence-corrected chi connectivity index (χ0v) is 18.3. The van der Waals surface area contributed by atoms with E-state index in [2.05, 4.69) is 22.8 Å². The van der Waals surface area contributed by atoms with Crippen LogP contribution in [0.25, 0.3) is 11.1 Å². The van der Waals surface area contributed by atoms with E-state index < -0.39 is 5.91 Å². The van der Waals surface area contributed by atoms with Crippen molar-refractivity contribution in [3.05, 3.63) is 88.9 Å². The maximum absolute atomic E-state index is 11.5. The average Bonchev–Trinajstić information content (AvgIpc) is 2.74. The lowest BCUT2D eigenvalue weighted by Crippen LogP contribution is -2.33. The normalized spacial score (nSPS) is 12.6. The number of hydrogen-bond donors (Lipinski definition) is 3. The van der Waals surface area contributed by atoms with Crippen LogP contribution in [0.15, 0.2) is 72.8 Å². The van der Waals surface area contributed by atoms with Gasteiger partial charge in [-0.15, -0.1) is 0 Å². The van der Waals surface area contributed by atoms with Crippen molar-refractivity contribution >= 4 is 29.1 Å². The Bertz CT molecular complexity index is 1050. The van der Waals surface area contributed by atoms with Gasteiger partial charge in [0.15, 0.2) is 0 Å². The Morgan fingerprint density at radius 2 is 1.65 bits per heavy atom. The van der Waals surface area contributed by atoms with Crippen molar-refractivity contribution in [2.45, 2.75) is 32.4 Å². The summed E-state index contributed by atoms with van der Waals surface area (Å²) in [7, 11) is 0. The van der Waals surface area contributed by atoms with Crippen LogP contribution in [0.2, 0.25) is 5.02 Å². The Hall–Kier alpha value is -3.31. The molecule has 0 aliphatic heterocycles. The van der Waals surface area contributed by atoms with Crippen molar-refractivity contribution < 1.29 is 9.59 Å². The van der Waals surface area contributed by atoms with E-state index in [9.17, 15) is 9.59 Å². The van der Waals surface area contributed by atoms with Crippen LogP contribution in [0.4, 0.5) is 5.69 Å². The SMILES string of the molecule is CC(=O)N[C@@H](C)CC(Nc1ccc(Cl)cc1)c1cccc(-c2ccc(C(N)=O)cc2)c1. The van der Waals surface area contributed by atoms with Crippen LogP contribution < -0.4 is 16.4 Å². The van der Waals surface area contributed by atoms with Gasteiger partial charge in [-0.1, -0.05) is 41.9 Å². The predicted molar refractivity (Wildman–Crippen MR) is 126 cm³/mol. The van der Waals surface area contributed by atoms with Gasteiger partial charge in [-0.3, -0.25) is 9.59 Å². The number of hydrogen-bond acceptors (Lipinski definition) is 3. The van der Waals surface area contributed by atoms with Gasteiger partial charge in [0.1, 0.15) is 0 Å². The number of primary amides is 1. The Morgan fingerprint density at radius 3 is 2.26 bits per heavy atom. The summed E-state index contributed by atoms with van der Waals surface area (Å²) in [5.74, 6) is -0.500. The minimum absolute atomic E-state index is 0.0131. The fourth-order valence-corrected chi connectivity index (χ4v) is 3.67. The van der Waals surface area contributed by atoms with Gasteiger partial charge in [0.05, 0.1) is 6.04 Å². The summed E-state index contributed by atoms with van der Waals surface area (Å²) in [6, 6.07) is 23.0. The number of carbonyl (C=O) groups excluding carboxylic acids is 2. The van der Waals surface area contributed by atoms with Crippen molar-refractivity contribution in [3.8, 4) is 11.1 Å². The molecule has 0 aliphatic carbocycles. The first kappa shape index (κ1) is 22.4. The molecule has 0 saturated carbocycles. The first-order valence-corrected chi connectivity index (χ1v) is 10.5. The average molecular weight is 436 g/mol.